The number of nitrogens with zero attached hydrogens (tertiary/aromatic N) is 2. The second-order valence-corrected chi connectivity index (χ2v) is 6.59. The summed E-state index contributed by atoms with van der Waals surface area (Å²) >= 11 is 1.34. The summed E-state index contributed by atoms with van der Waals surface area (Å²) in [6.45, 7) is 7.67. The summed E-state index contributed by atoms with van der Waals surface area (Å²) in [5.74, 6) is 7.31. The second-order valence-electron chi connectivity index (χ2n) is 5.56. The average molecular weight is 303 g/mol. The van der Waals surface area contributed by atoms with Gasteiger partial charge in [-0.25, -0.2) is 9.97 Å². The van der Waals surface area contributed by atoms with Gasteiger partial charge in [0, 0.05) is 12.3 Å². The summed E-state index contributed by atoms with van der Waals surface area (Å²) in [4.78, 5) is 20.0. The van der Waals surface area contributed by atoms with Crippen LogP contribution in [0.1, 0.15) is 44.2 Å². The van der Waals surface area contributed by atoms with Crippen molar-refractivity contribution in [3.8, 4) is 11.8 Å². The van der Waals surface area contributed by atoms with E-state index in [0.29, 0.717) is 17.4 Å². The highest BCUT2D eigenvalue weighted by Gasteiger charge is 2.18. The van der Waals surface area contributed by atoms with E-state index in [0.717, 1.165) is 10.6 Å². The number of rotatable bonds is 2. The van der Waals surface area contributed by atoms with Crippen molar-refractivity contribution in [1.82, 2.24) is 9.97 Å². The van der Waals surface area contributed by atoms with Gasteiger partial charge in [-0.05, 0) is 0 Å². The Morgan fingerprint density at radius 1 is 1.38 bits per heavy atom. The van der Waals surface area contributed by atoms with Gasteiger partial charge in [-0.3, -0.25) is 4.79 Å². The maximum atomic E-state index is 10.9. The van der Waals surface area contributed by atoms with Gasteiger partial charge in [-0.2, -0.15) is 0 Å². The van der Waals surface area contributed by atoms with Gasteiger partial charge in [0.1, 0.15) is 5.76 Å². The molecule has 0 aliphatic carbocycles. The number of amides is 1. The minimum atomic E-state index is -0.140. The van der Waals surface area contributed by atoms with Crippen LogP contribution in [0.2, 0.25) is 0 Å². The van der Waals surface area contributed by atoms with E-state index >= 15 is 0 Å². The van der Waals surface area contributed by atoms with Crippen LogP contribution in [0.25, 0.3) is 0 Å². The van der Waals surface area contributed by atoms with Gasteiger partial charge in [0.05, 0.1) is 23.7 Å². The van der Waals surface area contributed by atoms with Crippen LogP contribution in [0.15, 0.2) is 16.8 Å². The lowest BCUT2D eigenvalue weighted by atomic mass is 9.94. The van der Waals surface area contributed by atoms with E-state index < -0.39 is 0 Å². The average Bonchev–Trinajstić information content (AvgIpc) is 2.97. The predicted molar refractivity (Wildman–Crippen MR) is 82.2 cm³/mol. The van der Waals surface area contributed by atoms with Crippen molar-refractivity contribution in [1.29, 1.82) is 0 Å². The molecule has 0 saturated heterocycles. The Hall–Kier alpha value is -2.13. The van der Waals surface area contributed by atoms with E-state index in [1.807, 2.05) is 0 Å². The molecule has 2 heterocycles. The minimum Gasteiger partial charge on any atom is -0.444 e. The molecule has 0 bridgehead atoms. The molecule has 110 valence electrons. The molecule has 0 unspecified atom stereocenters. The first kappa shape index (κ1) is 15.3. The first-order valence-corrected chi connectivity index (χ1v) is 7.34. The quantitative estimate of drug-likeness (QED) is 0.866. The van der Waals surface area contributed by atoms with Gasteiger partial charge in [0.2, 0.25) is 11.8 Å². The van der Waals surface area contributed by atoms with Crippen LogP contribution in [0.4, 0.5) is 5.13 Å². The van der Waals surface area contributed by atoms with Crippen molar-refractivity contribution in [2.75, 3.05) is 5.32 Å². The largest absolute Gasteiger partial charge is 0.444 e. The van der Waals surface area contributed by atoms with Crippen LogP contribution in [-0.2, 0) is 16.6 Å². The molecule has 5 nitrogen and oxygen atoms in total. The Labute approximate surface area is 127 Å². The zero-order valence-corrected chi connectivity index (χ0v) is 13.3. The van der Waals surface area contributed by atoms with Crippen molar-refractivity contribution in [3.05, 3.63) is 28.9 Å². The molecule has 0 saturated carbocycles. The van der Waals surface area contributed by atoms with Gasteiger partial charge in [0.25, 0.3) is 0 Å². The molecule has 0 aliphatic rings. The van der Waals surface area contributed by atoms with Crippen LogP contribution in [0.5, 0.6) is 0 Å². The number of anilines is 1. The third kappa shape index (κ3) is 4.43. The van der Waals surface area contributed by atoms with Gasteiger partial charge in [0.15, 0.2) is 5.13 Å². The molecule has 1 N–H and O–H groups in total. The summed E-state index contributed by atoms with van der Waals surface area (Å²) in [5, 5.41) is 3.18. The molecule has 0 radical (unpaired) electrons. The second kappa shape index (κ2) is 6.10. The summed E-state index contributed by atoms with van der Waals surface area (Å²) < 4.78 is 5.66. The zero-order valence-electron chi connectivity index (χ0n) is 12.5. The first-order valence-electron chi connectivity index (χ1n) is 6.52. The van der Waals surface area contributed by atoms with Gasteiger partial charge < -0.3 is 9.73 Å². The molecular weight excluding hydrogens is 286 g/mol. The monoisotopic (exact) mass is 303 g/mol. The molecule has 0 spiro atoms. The maximum Gasteiger partial charge on any atom is 0.223 e. The Morgan fingerprint density at radius 2 is 2.14 bits per heavy atom. The molecule has 0 aromatic carbocycles. The number of oxazole rings is 1. The van der Waals surface area contributed by atoms with Gasteiger partial charge >= 0.3 is 0 Å². The number of thiazole rings is 1. The fraction of sp³-hybridized carbons (Fsp3) is 0.400. The van der Waals surface area contributed by atoms with Crippen LogP contribution in [0, 0.1) is 11.8 Å². The maximum absolute atomic E-state index is 10.9. The predicted octanol–water partition coefficient (Wildman–Crippen LogP) is 2.98. The molecule has 2 rings (SSSR count). The molecule has 2 aromatic heterocycles. The smallest absolute Gasteiger partial charge is 0.223 e. The molecule has 0 aliphatic heterocycles. The van der Waals surface area contributed by atoms with Crippen LogP contribution in [0.3, 0.4) is 0 Å². The third-order valence-corrected chi connectivity index (χ3v) is 3.36. The molecule has 2 aromatic rings. The zero-order chi connectivity index (χ0) is 15.5. The third-order valence-electron chi connectivity index (χ3n) is 2.53. The van der Waals surface area contributed by atoms with Crippen molar-refractivity contribution in [2.24, 2.45) is 0 Å². The lowest BCUT2D eigenvalue weighted by Gasteiger charge is -2.12. The Kier molecular flexibility index (Phi) is 4.43. The minimum absolute atomic E-state index is 0.0520. The van der Waals surface area contributed by atoms with Crippen LogP contribution in [-0.4, -0.2) is 15.9 Å². The highest BCUT2D eigenvalue weighted by atomic mass is 32.1. The first-order chi connectivity index (χ1) is 9.84. The van der Waals surface area contributed by atoms with Gasteiger partial charge in [-0.1, -0.05) is 43.9 Å². The fourth-order valence-electron chi connectivity index (χ4n) is 1.49. The highest BCUT2D eigenvalue weighted by Crippen LogP contribution is 2.22. The molecule has 6 heteroatoms. The number of hydrogen-bond donors (Lipinski definition) is 1. The standard InChI is InChI=1S/C15H17N3O2S/c1-10(19)18-14-17-8-11(21-14)6-5-7-13-16-9-12(20-13)15(2,3)4/h8-9H,7H2,1-4H3,(H,17,18,19). The van der Waals surface area contributed by atoms with Crippen molar-refractivity contribution < 1.29 is 9.21 Å². The number of hydrogen-bond acceptors (Lipinski definition) is 5. The Bertz CT molecular complexity index is 698. The normalized spacial score (nSPS) is 10.9. The number of nitrogens with one attached hydrogen (secondary N) is 1. The molecule has 0 fully saturated rings. The Balaban J connectivity index is 1.99. The number of aromatic nitrogens is 2. The number of carbonyl (C=O) groups is 1. The fourth-order valence-corrected chi connectivity index (χ4v) is 2.22. The lowest BCUT2D eigenvalue weighted by Crippen LogP contribution is -2.09. The van der Waals surface area contributed by atoms with E-state index in [9.17, 15) is 4.79 Å². The topological polar surface area (TPSA) is 68.0 Å². The summed E-state index contributed by atoms with van der Waals surface area (Å²) in [5.41, 5.74) is -0.0520. The summed E-state index contributed by atoms with van der Waals surface area (Å²) in [6, 6.07) is 0. The molecule has 0 atom stereocenters. The van der Waals surface area contributed by atoms with Gasteiger partial charge in [-0.15, -0.1) is 0 Å². The van der Waals surface area contributed by atoms with Crippen LogP contribution >= 0.6 is 11.3 Å². The molecular formula is C15H17N3O2S. The SMILES string of the molecule is CC(=O)Nc1ncc(C#CCc2ncc(C(C)(C)C)o2)s1. The lowest BCUT2D eigenvalue weighted by molar-refractivity contribution is -0.114. The van der Waals surface area contributed by atoms with E-state index in [2.05, 4.69) is 47.9 Å². The molecule has 1 amide bonds. The van der Waals surface area contributed by atoms with Crippen molar-refractivity contribution in [2.45, 2.75) is 39.5 Å². The van der Waals surface area contributed by atoms with E-state index in [4.69, 9.17) is 4.42 Å². The van der Waals surface area contributed by atoms with E-state index in [-0.39, 0.29) is 11.3 Å². The highest BCUT2D eigenvalue weighted by molar-refractivity contribution is 7.16. The summed E-state index contributed by atoms with van der Waals surface area (Å²) in [6.07, 6.45) is 3.83. The Morgan fingerprint density at radius 3 is 2.76 bits per heavy atom. The van der Waals surface area contributed by atoms with Crippen molar-refractivity contribution >= 4 is 22.4 Å². The van der Waals surface area contributed by atoms with Crippen molar-refractivity contribution in [3.63, 3.8) is 0 Å². The van der Waals surface area contributed by atoms with E-state index in [1.165, 1.54) is 18.3 Å². The molecule has 21 heavy (non-hydrogen) atoms. The van der Waals surface area contributed by atoms with Crippen LogP contribution < -0.4 is 5.32 Å². The van der Waals surface area contributed by atoms with E-state index in [1.54, 1.807) is 12.4 Å². The number of carbonyl (C=O) groups excluding carboxylic acids is 1. The summed E-state index contributed by atoms with van der Waals surface area (Å²) in [7, 11) is 0.